The second kappa shape index (κ2) is 7.31. The van der Waals surface area contributed by atoms with Gasteiger partial charge in [0, 0.05) is 12.1 Å². The summed E-state index contributed by atoms with van der Waals surface area (Å²) in [7, 11) is 1.69. The topological polar surface area (TPSA) is 47.0 Å². The molecular formula is C16H21N3OS. The van der Waals surface area contributed by atoms with Gasteiger partial charge < -0.3 is 10.1 Å². The average Bonchev–Trinajstić information content (AvgIpc) is 2.49. The Bertz CT molecular complexity index is 616. The first-order chi connectivity index (χ1) is 10.2. The lowest BCUT2D eigenvalue weighted by atomic mass is 10.3. The Hall–Kier alpha value is -1.75. The van der Waals surface area contributed by atoms with Crippen LogP contribution < -0.4 is 10.1 Å². The SMILES string of the molecule is CCCNc1nc(C)nc(Sc2ccccc2OC)c1C. The number of anilines is 1. The van der Waals surface area contributed by atoms with E-state index in [2.05, 4.69) is 29.1 Å². The van der Waals surface area contributed by atoms with Gasteiger partial charge in [-0.05, 0) is 32.4 Å². The van der Waals surface area contributed by atoms with Gasteiger partial charge in [0.15, 0.2) is 0 Å². The van der Waals surface area contributed by atoms with Gasteiger partial charge in [0.1, 0.15) is 22.4 Å². The van der Waals surface area contributed by atoms with Crippen LogP contribution in [0.3, 0.4) is 0 Å². The fourth-order valence-electron chi connectivity index (χ4n) is 1.92. The zero-order valence-corrected chi connectivity index (χ0v) is 13.8. The molecule has 21 heavy (non-hydrogen) atoms. The monoisotopic (exact) mass is 303 g/mol. The van der Waals surface area contributed by atoms with Gasteiger partial charge in [-0.25, -0.2) is 9.97 Å². The van der Waals surface area contributed by atoms with Gasteiger partial charge in [0.25, 0.3) is 0 Å². The van der Waals surface area contributed by atoms with Crippen molar-refractivity contribution in [2.24, 2.45) is 0 Å². The molecule has 2 aromatic rings. The standard InChI is InChI=1S/C16H21N3OS/c1-5-10-17-15-11(2)16(19-12(3)18-15)21-14-9-7-6-8-13(14)20-4/h6-9H,5,10H2,1-4H3,(H,17,18,19). The third kappa shape index (κ3) is 3.88. The Morgan fingerprint density at radius 2 is 1.95 bits per heavy atom. The maximum atomic E-state index is 5.40. The van der Waals surface area contributed by atoms with Crippen LogP contribution in [0, 0.1) is 13.8 Å². The van der Waals surface area contributed by atoms with Crippen molar-refractivity contribution >= 4 is 17.6 Å². The van der Waals surface area contributed by atoms with Gasteiger partial charge in [-0.3, -0.25) is 0 Å². The van der Waals surface area contributed by atoms with E-state index in [-0.39, 0.29) is 0 Å². The maximum Gasteiger partial charge on any atom is 0.133 e. The highest BCUT2D eigenvalue weighted by atomic mass is 32.2. The molecule has 0 aliphatic rings. The molecule has 0 saturated heterocycles. The number of rotatable bonds is 6. The van der Waals surface area contributed by atoms with Crippen molar-refractivity contribution in [1.82, 2.24) is 9.97 Å². The van der Waals surface area contributed by atoms with Crippen LogP contribution in [0.5, 0.6) is 5.75 Å². The lowest BCUT2D eigenvalue weighted by molar-refractivity contribution is 0.405. The number of aryl methyl sites for hydroxylation is 1. The molecule has 2 rings (SSSR count). The molecule has 0 bridgehead atoms. The van der Waals surface area contributed by atoms with Crippen molar-refractivity contribution in [1.29, 1.82) is 0 Å². The van der Waals surface area contributed by atoms with Crippen LogP contribution in [-0.2, 0) is 0 Å². The van der Waals surface area contributed by atoms with Crippen LogP contribution in [0.1, 0.15) is 24.7 Å². The lowest BCUT2D eigenvalue weighted by Gasteiger charge is -2.13. The Balaban J connectivity index is 2.33. The molecule has 112 valence electrons. The zero-order valence-electron chi connectivity index (χ0n) is 12.9. The van der Waals surface area contributed by atoms with E-state index in [1.165, 1.54) is 0 Å². The van der Waals surface area contributed by atoms with Crippen molar-refractivity contribution in [3.05, 3.63) is 35.7 Å². The fraction of sp³-hybridized carbons (Fsp3) is 0.375. The Kier molecular flexibility index (Phi) is 5.44. The van der Waals surface area contributed by atoms with Crippen LogP contribution in [0.15, 0.2) is 34.2 Å². The summed E-state index contributed by atoms with van der Waals surface area (Å²) in [6.45, 7) is 7.02. The van der Waals surface area contributed by atoms with E-state index < -0.39 is 0 Å². The summed E-state index contributed by atoms with van der Waals surface area (Å²) in [6.07, 6.45) is 1.07. The first-order valence-electron chi connectivity index (χ1n) is 7.05. The number of nitrogens with zero attached hydrogens (tertiary/aromatic N) is 2. The van der Waals surface area contributed by atoms with Crippen LogP contribution in [0.4, 0.5) is 5.82 Å². The fourth-order valence-corrected chi connectivity index (χ4v) is 2.96. The minimum atomic E-state index is 0.775. The summed E-state index contributed by atoms with van der Waals surface area (Å²) in [6, 6.07) is 7.97. The molecule has 0 saturated carbocycles. The molecule has 1 N–H and O–H groups in total. The van der Waals surface area contributed by atoms with E-state index in [4.69, 9.17) is 4.74 Å². The summed E-state index contributed by atoms with van der Waals surface area (Å²) in [5.41, 5.74) is 1.07. The Labute approximate surface area is 130 Å². The van der Waals surface area contributed by atoms with Crippen molar-refractivity contribution < 1.29 is 4.74 Å². The normalized spacial score (nSPS) is 10.5. The van der Waals surface area contributed by atoms with E-state index in [0.29, 0.717) is 0 Å². The first kappa shape index (κ1) is 15.6. The molecule has 0 atom stereocenters. The number of hydrogen-bond acceptors (Lipinski definition) is 5. The van der Waals surface area contributed by atoms with E-state index in [9.17, 15) is 0 Å². The predicted molar refractivity (Wildman–Crippen MR) is 87.4 cm³/mol. The third-order valence-electron chi connectivity index (χ3n) is 3.03. The molecule has 0 amide bonds. The third-order valence-corrected chi connectivity index (χ3v) is 4.18. The van der Waals surface area contributed by atoms with Crippen molar-refractivity contribution in [3.63, 3.8) is 0 Å². The lowest BCUT2D eigenvalue weighted by Crippen LogP contribution is -2.07. The highest BCUT2D eigenvalue weighted by molar-refractivity contribution is 7.99. The number of nitrogens with one attached hydrogen (secondary N) is 1. The minimum Gasteiger partial charge on any atom is -0.496 e. The van der Waals surface area contributed by atoms with E-state index >= 15 is 0 Å². The molecule has 0 unspecified atom stereocenters. The minimum absolute atomic E-state index is 0.775. The summed E-state index contributed by atoms with van der Waals surface area (Å²) in [5, 5.41) is 4.33. The van der Waals surface area contributed by atoms with Gasteiger partial charge in [0.2, 0.25) is 0 Å². The molecule has 0 aliphatic heterocycles. The van der Waals surface area contributed by atoms with Gasteiger partial charge in [-0.2, -0.15) is 0 Å². The second-order valence-electron chi connectivity index (χ2n) is 4.73. The zero-order chi connectivity index (χ0) is 15.2. The highest BCUT2D eigenvalue weighted by Crippen LogP contribution is 2.36. The average molecular weight is 303 g/mol. The summed E-state index contributed by atoms with van der Waals surface area (Å²) in [5.74, 6) is 2.56. The number of benzene rings is 1. The molecule has 1 heterocycles. The molecular weight excluding hydrogens is 282 g/mol. The predicted octanol–water partition coefficient (Wildman–Crippen LogP) is 4.08. The largest absolute Gasteiger partial charge is 0.496 e. The maximum absolute atomic E-state index is 5.40. The number of aromatic nitrogens is 2. The van der Waals surface area contributed by atoms with Gasteiger partial charge in [-0.15, -0.1) is 0 Å². The van der Waals surface area contributed by atoms with Crippen LogP contribution >= 0.6 is 11.8 Å². The molecule has 0 aliphatic carbocycles. The molecule has 1 aromatic heterocycles. The molecule has 0 radical (unpaired) electrons. The molecule has 0 fully saturated rings. The second-order valence-corrected chi connectivity index (χ2v) is 5.76. The van der Waals surface area contributed by atoms with E-state index in [1.54, 1.807) is 18.9 Å². The quantitative estimate of drug-likeness (QED) is 0.815. The molecule has 0 spiro atoms. The summed E-state index contributed by atoms with van der Waals surface area (Å²) < 4.78 is 5.40. The van der Waals surface area contributed by atoms with Crippen LogP contribution in [0.2, 0.25) is 0 Å². The molecule has 4 nitrogen and oxygen atoms in total. The summed E-state index contributed by atoms with van der Waals surface area (Å²) in [4.78, 5) is 10.1. The van der Waals surface area contributed by atoms with Gasteiger partial charge in [0.05, 0.1) is 12.0 Å². The van der Waals surface area contributed by atoms with Gasteiger partial charge >= 0.3 is 0 Å². The smallest absolute Gasteiger partial charge is 0.133 e. The summed E-state index contributed by atoms with van der Waals surface area (Å²) >= 11 is 1.61. The number of hydrogen-bond donors (Lipinski definition) is 1. The molecule has 1 aromatic carbocycles. The Morgan fingerprint density at radius 1 is 1.19 bits per heavy atom. The molecule has 5 heteroatoms. The van der Waals surface area contributed by atoms with E-state index in [1.807, 2.05) is 31.2 Å². The highest BCUT2D eigenvalue weighted by Gasteiger charge is 2.12. The van der Waals surface area contributed by atoms with Crippen LogP contribution in [0.25, 0.3) is 0 Å². The first-order valence-corrected chi connectivity index (χ1v) is 7.87. The van der Waals surface area contributed by atoms with Gasteiger partial charge in [-0.1, -0.05) is 30.8 Å². The number of para-hydroxylation sites is 1. The number of ether oxygens (including phenoxy) is 1. The van der Waals surface area contributed by atoms with Crippen molar-refractivity contribution in [2.45, 2.75) is 37.1 Å². The van der Waals surface area contributed by atoms with Crippen molar-refractivity contribution in [3.8, 4) is 5.75 Å². The number of methoxy groups -OCH3 is 1. The Morgan fingerprint density at radius 3 is 2.67 bits per heavy atom. The van der Waals surface area contributed by atoms with E-state index in [0.717, 1.165) is 45.8 Å². The van der Waals surface area contributed by atoms with Crippen molar-refractivity contribution in [2.75, 3.05) is 19.0 Å². The van der Waals surface area contributed by atoms with Crippen LogP contribution in [-0.4, -0.2) is 23.6 Å².